The quantitative estimate of drug-likeness (QED) is 0.664. The Morgan fingerprint density at radius 1 is 1.39 bits per heavy atom. The highest BCUT2D eigenvalue weighted by Crippen LogP contribution is 2.21. The SMILES string of the molecule is Cc1cc(C(=O)COC(=O)[C@H]2CCC(=O)NC2)c(C)n1C(C)C. The number of nitrogens with one attached hydrogen (secondary N) is 1. The molecule has 2 heterocycles. The number of rotatable bonds is 5. The van der Waals surface area contributed by atoms with Crippen molar-refractivity contribution in [3.63, 3.8) is 0 Å². The van der Waals surface area contributed by atoms with Crippen molar-refractivity contribution in [2.45, 2.75) is 46.6 Å². The van der Waals surface area contributed by atoms with Crippen LogP contribution in [0.15, 0.2) is 6.07 Å². The minimum atomic E-state index is -0.420. The molecule has 1 atom stereocenters. The first kappa shape index (κ1) is 17.2. The molecule has 23 heavy (non-hydrogen) atoms. The molecule has 6 heteroatoms. The summed E-state index contributed by atoms with van der Waals surface area (Å²) in [5, 5.41) is 2.64. The van der Waals surface area contributed by atoms with Crippen LogP contribution in [0.1, 0.15) is 54.5 Å². The van der Waals surface area contributed by atoms with E-state index >= 15 is 0 Å². The van der Waals surface area contributed by atoms with Crippen LogP contribution in [-0.4, -0.2) is 35.4 Å². The molecule has 1 aromatic heterocycles. The number of nitrogens with zero attached hydrogens (tertiary/aromatic N) is 1. The fourth-order valence-corrected chi connectivity index (χ4v) is 3.12. The lowest BCUT2D eigenvalue weighted by molar-refractivity contribution is -0.148. The first-order valence-electron chi connectivity index (χ1n) is 7.96. The van der Waals surface area contributed by atoms with Crippen LogP contribution in [-0.2, 0) is 14.3 Å². The molecule has 126 valence electrons. The lowest BCUT2D eigenvalue weighted by atomic mass is 9.99. The van der Waals surface area contributed by atoms with E-state index in [0.717, 1.165) is 11.4 Å². The van der Waals surface area contributed by atoms with E-state index in [1.807, 2.05) is 19.9 Å². The van der Waals surface area contributed by atoms with Gasteiger partial charge in [0.25, 0.3) is 0 Å². The molecule has 1 N–H and O–H groups in total. The van der Waals surface area contributed by atoms with Gasteiger partial charge in [-0.25, -0.2) is 0 Å². The maximum absolute atomic E-state index is 12.3. The van der Waals surface area contributed by atoms with E-state index in [2.05, 4.69) is 23.7 Å². The second-order valence-corrected chi connectivity index (χ2v) is 6.32. The van der Waals surface area contributed by atoms with Gasteiger partial charge in [-0.3, -0.25) is 14.4 Å². The van der Waals surface area contributed by atoms with Crippen LogP contribution in [0.2, 0.25) is 0 Å². The highest BCUT2D eigenvalue weighted by atomic mass is 16.5. The van der Waals surface area contributed by atoms with Crippen LogP contribution in [0.4, 0.5) is 0 Å². The fraction of sp³-hybridized carbons (Fsp3) is 0.588. The zero-order chi connectivity index (χ0) is 17.1. The maximum Gasteiger partial charge on any atom is 0.311 e. The van der Waals surface area contributed by atoms with E-state index < -0.39 is 5.97 Å². The number of carbonyl (C=O) groups is 3. The first-order valence-corrected chi connectivity index (χ1v) is 7.96. The number of Topliss-reactive ketones (excluding diaryl/α,β-unsaturated/α-hetero) is 1. The average Bonchev–Trinajstić information content (AvgIpc) is 2.80. The number of hydrogen-bond acceptors (Lipinski definition) is 4. The van der Waals surface area contributed by atoms with Crippen LogP contribution in [0.3, 0.4) is 0 Å². The molecule has 1 aliphatic heterocycles. The van der Waals surface area contributed by atoms with Crippen molar-refractivity contribution >= 4 is 17.7 Å². The number of esters is 1. The van der Waals surface area contributed by atoms with Gasteiger partial charge in [0.15, 0.2) is 6.61 Å². The monoisotopic (exact) mass is 320 g/mol. The highest BCUT2D eigenvalue weighted by Gasteiger charge is 2.27. The van der Waals surface area contributed by atoms with Gasteiger partial charge < -0.3 is 14.6 Å². The normalized spacial score (nSPS) is 18.0. The third kappa shape index (κ3) is 3.81. The number of aryl methyl sites for hydroxylation is 1. The van der Waals surface area contributed by atoms with E-state index in [-0.39, 0.29) is 36.8 Å². The molecular weight excluding hydrogens is 296 g/mol. The van der Waals surface area contributed by atoms with E-state index in [9.17, 15) is 14.4 Å². The Kier molecular flexibility index (Phi) is 5.23. The summed E-state index contributed by atoms with van der Waals surface area (Å²) >= 11 is 0. The Labute approximate surface area is 136 Å². The van der Waals surface area contributed by atoms with Crippen molar-refractivity contribution in [1.29, 1.82) is 0 Å². The summed E-state index contributed by atoms with van der Waals surface area (Å²) in [6.45, 7) is 8.01. The van der Waals surface area contributed by atoms with Gasteiger partial charge in [0, 0.05) is 36.0 Å². The van der Waals surface area contributed by atoms with Gasteiger partial charge in [0.05, 0.1) is 5.92 Å². The van der Waals surface area contributed by atoms with Gasteiger partial charge in [-0.1, -0.05) is 0 Å². The summed E-state index contributed by atoms with van der Waals surface area (Å²) < 4.78 is 7.24. The molecule has 0 bridgehead atoms. The third-order valence-corrected chi connectivity index (χ3v) is 4.25. The van der Waals surface area contributed by atoms with Gasteiger partial charge >= 0.3 is 5.97 Å². The minimum Gasteiger partial charge on any atom is -0.457 e. The average molecular weight is 320 g/mol. The Hall–Kier alpha value is -2.11. The fourth-order valence-electron chi connectivity index (χ4n) is 3.12. The van der Waals surface area contributed by atoms with Crippen molar-refractivity contribution in [2.24, 2.45) is 5.92 Å². The standard InChI is InChI=1S/C17H24N2O4/c1-10(2)19-11(3)7-14(12(19)4)15(20)9-23-17(22)13-5-6-16(21)18-8-13/h7,10,13H,5-6,8-9H2,1-4H3,(H,18,21)/t13-/m0/s1. The number of ether oxygens (including phenoxy) is 1. The van der Waals surface area contributed by atoms with Crippen molar-refractivity contribution in [1.82, 2.24) is 9.88 Å². The molecule has 0 saturated carbocycles. The summed E-state index contributed by atoms with van der Waals surface area (Å²) in [6.07, 6.45) is 0.796. The van der Waals surface area contributed by atoms with Crippen LogP contribution >= 0.6 is 0 Å². The van der Waals surface area contributed by atoms with Crippen molar-refractivity contribution in [3.05, 3.63) is 23.0 Å². The summed E-state index contributed by atoms with van der Waals surface area (Å²) in [5.74, 6) is -1.02. The third-order valence-electron chi connectivity index (χ3n) is 4.25. The number of ketones is 1. The Morgan fingerprint density at radius 3 is 2.61 bits per heavy atom. The lowest BCUT2D eigenvalue weighted by Gasteiger charge is -2.20. The van der Waals surface area contributed by atoms with Gasteiger partial charge in [-0.2, -0.15) is 0 Å². The van der Waals surface area contributed by atoms with Crippen LogP contribution < -0.4 is 5.32 Å². The molecule has 0 radical (unpaired) electrons. The number of piperidine rings is 1. The molecule has 2 rings (SSSR count). The van der Waals surface area contributed by atoms with Gasteiger partial charge in [0.2, 0.25) is 11.7 Å². The Balaban J connectivity index is 1.96. The number of carbonyl (C=O) groups excluding carboxylic acids is 3. The minimum absolute atomic E-state index is 0.0498. The van der Waals surface area contributed by atoms with Crippen LogP contribution in [0.5, 0.6) is 0 Å². The molecule has 1 aliphatic rings. The van der Waals surface area contributed by atoms with E-state index in [1.165, 1.54) is 0 Å². The molecule has 1 fully saturated rings. The van der Waals surface area contributed by atoms with Crippen molar-refractivity contribution in [3.8, 4) is 0 Å². The van der Waals surface area contributed by atoms with E-state index in [4.69, 9.17) is 4.74 Å². The topological polar surface area (TPSA) is 77.4 Å². The molecule has 6 nitrogen and oxygen atoms in total. The molecule has 1 aromatic rings. The first-order chi connectivity index (χ1) is 10.8. The van der Waals surface area contributed by atoms with Crippen molar-refractivity contribution in [2.75, 3.05) is 13.2 Å². The van der Waals surface area contributed by atoms with Crippen LogP contribution in [0, 0.1) is 19.8 Å². The number of aromatic nitrogens is 1. The second-order valence-electron chi connectivity index (χ2n) is 6.32. The zero-order valence-electron chi connectivity index (χ0n) is 14.1. The largest absolute Gasteiger partial charge is 0.457 e. The predicted molar refractivity (Wildman–Crippen MR) is 85.3 cm³/mol. The molecule has 1 saturated heterocycles. The number of amides is 1. The smallest absolute Gasteiger partial charge is 0.311 e. The Morgan fingerprint density at radius 2 is 2.09 bits per heavy atom. The molecular formula is C17H24N2O4. The van der Waals surface area contributed by atoms with Gasteiger partial charge in [0.1, 0.15) is 0 Å². The van der Waals surface area contributed by atoms with Gasteiger partial charge in [-0.05, 0) is 40.2 Å². The van der Waals surface area contributed by atoms with Gasteiger partial charge in [-0.15, -0.1) is 0 Å². The Bertz CT molecular complexity index is 621. The molecule has 0 unspecified atom stereocenters. The predicted octanol–water partition coefficient (Wildman–Crippen LogP) is 1.94. The van der Waals surface area contributed by atoms with Crippen molar-refractivity contribution < 1.29 is 19.1 Å². The zero-order valence-corrected chi connectivity index (χ0v) is 14.1. The molecule has 0 spiro atoms. The highest BCUT2D eigenvalue weighted by molar-refractivity contribution is 5.99. The maximum atomic E-state index is 12.3. The molecule has 1 amide bonds. The summed E-state index contributed by atoms with van der Waals surface area (Å²) in [7, 11) is 0. The lowest BCUT2D eigenvalue weighted by Crippen LogP contribution is -2.39. The molecule has 0 aromatic carbocycles. The summed E-state index contributed by atoms with van der Waals surface area (Å²) in [4.78, 5) is 35.4. The van der Waals surface area contributed by atoms with Crippen LogP contribution in [0.25, 0.3) is 0 Å². The molecule has 0 aliphatic carbocycles. The summed E-state index contributed by atoms with van der Waals surface area (Å²) in [6, 6.07) is 2.11. The summed E-state index contributed by atoms with van der Waals surface area (Å²) in [5.41, 5.74) is 2.51. The second kappa shape index (κ2) is 6.98. The van der Waals surface area contributed by atoms with E-state index in [1.54, 1.807) is 0 Å². The van der Waals surface area contributed by atoms with E-state index in [0.29, 0.717) is 18.4 Å². The number of hydrogen-bond donors (Lipinski definition) is 1.